The second-order valence-corrected chi connectivity index (χ2v) is 7.96. The van der Waals surface area contributed by atoms with Crippen LogP contribution in [0.2, 0.25) is 0 Å². The maximum atomic E-state index is 3.69. The minimum atomic E-state index is 0.286. The van der Waals surface area contributed by atoms with Crippen LogP contribution in [0.5, 0.6) is 0 Å². The van der Waals surface area contributed by atoms with E-state index in [1.165, 1.54) is 25.0 Å². The van der Waals surface area contributed by atoms with Crippen molar-refractivity contribution in [1.82, 2.24) is 5.32 Å². The van der Waals surface area contributed by atoms with Crippen molar-refractivity contribution < 1.29 is 0 Å². The lowest BCUT2D eigenvalue weighted by molar-refractivity contribution is 0.604. The van der Waals surface area contributed by atoms with Crippen LogP contribution in [0.15, 0.2) is 44.9 Å². The van der Waals surface area contributed by atoms with Gasteiger partial charge in [-0.1, -0.05) is 25.1 Å². The highest BCUT2D eigenvalue weighted by Crippen LogP contribution is 2.35. The maximum Gasteiger partial charge on any atom is 0.0701 e. The lowest BCUT2D eigenvalue weighted by Gasteiger charge is -2.17. The van der Waals surface area contributed by atoms with E-state index in [1.807, 2.05) is 11.3 Å². The van der Waals surface area contributed by atoms with Crippen LogP contribution in [0, 0.1) is 0 Å². The second kappa shape index (κ2) is 6.39. The second-order valence-electron chi connectivity index (χ2n) is 4.76. The molecule has 1 N–H and O–H groups in total. The van der Waals surface area contributed by atoms with E-state index < -0.39 is 0 Å². The van der Waals surface area contributed by atoms with Gasteiger partial charge in [-0.25, -0.2) is 0 Å². The fraction of sp³-hybridized carbons (Fsp3) is 0.250. The lowest BCUT2D eigenvalue weighted by atomic mass is 10.0. The van der Waals surface area contributed by atoms with E-state index in [-0.39, 0.29) is 6.04 Å². The minimum absolute atomic E-state index is 0.286. The summed E-state index contributed by atoms with van der Waals surface area (Å²) in [6.45, 7) is 3.24. The van der Waals surface area contributed by atoms with Crippen LogP contribution in [0.25, 0.3) is 10.1 Å². The van der Waals surface area contributed by atoms with Gasteiger partial charge in [0.15, 0.2) is 0 Å². The Hall–Kier alpha value is -0.680. The van der Waals surface area contributed by atoms with E-state index >= 15 is 0 Å². The summed E-state index contributed by atoms with van der Waals surface area (Å²) < 4.78 is 2.55. The molecule has 1 nitrogen and oxygen atoms in total. The van der Waals surface area contributed by atoms with E-state index in [0.29, 0.717) is 0 Å². The number of thiophene rings is 2. The Kier molecular flexibility index (Phi) is 4.56. The van der Waals surface area contributed by atoms with Gasteiger partial charge in [0.25, 0.3) is 0 Å². The predicted octanol–water partition coefficient (Wildman–Crippen LogP) is 5.81. The molecule has 0 saturated carbocycles. The van der Waals surface area contributed by atoms with Crippen LogP contribution >= 0.6 is 38.6 Å². The topological polar surface area (TPSA) is 12.0 Å². The number of nitrogens with one attached hydrogen (secondary N) is 1. The van der Waals surface area contributed by atoms with Crippen LogP contribution in [0.1, 0.15) is 30.5 Å². The molecule has 0 aliphatic carbocycles. The first-order chi connectivity index (χ1) is 9.79. The van der Waals surface area contributed by atoms with E-state index in [1.54, 1.807) is 11.3 Å². The summed E-state index contributed by atoms with van der Waals surface area (Å²) in [6, 6.07) is 11.2. The highest BCUT2D eigenvalue weighted by Gasteiger charge is 2.18. The molecule has 2 aromatic heterocycles. The van der Waals surface area contributed by atoms with Crippen LogP contribution < -0.4 is 5.32 Å². The molecular weight excluding hydrogens is 350 g/mol. The van der Waals surface area contributed by atoms with Gasteiger partial charge in [-0.3, -0.25) is 0 Å². The molecule has 4 heteroatoms. The van der Waals surface area contributed by atoms with Crippen molar-refractivity contribution in [3.63, 3.8) is 0 Å². The van der Waals surface area contributed by atoms with Gasteiger partial charge in [-0.15, -0.1) is 22.7 Å². The van der Waals surface area contributed by atoms with E-state index in [0.717, 1.165) is 13.0 Å². The van der Waals surface area contributed by atoms with Crippen molar-refractivity contribution in [2.75, 3.05) is 6.54 Å². The number of rotatable bonds is 5. The number of benzene rings is 1. The third kappa shape index (κ3) is 2.84. The summed E-state index contributed by atoms with van der Waals surface area (Å²) >= 11 is 7.15. The number of hydrogen-bond acceptors (Lipinski definition) is 3. The molecule has 0 saturated heterocycles. The summed E-state index contributed by atoms with van der Waals surface area (Å²) in [5.74, 6) is 0. The van der Waals surface area contributed by atoms with Gasteiger partial charge in [0.1, 0.15) is 0 Å². The first-order valence-corrected chi connectivity index (χ1v) is 9.28. The Morgan fingerprint density at radius 2 is 2.05 bits per heavy atom. The Morgan fingerprint density at radius 1 is 1.20 bits per heavy atom. The van der Waals surface area contributed by atoms with Crippen molar-refractivity contribution in [2.45, 2.75) is 19.4 Å². The van der Waals surface area contributed by atoms with Gasteiger partial charge in [0.05, 0.1) is 9.83 Å². The molecule has 1 atom stereocenters. The first-order valence-electron chi connectivity index (χ1n) is 6.73. The molecule has 104 valence electrons. The summed E-state index contributed by atoms with van der Waals surface area (Å²) in [6.07, 6.45) is 1.14. The Bertz CT molecular complexity index is 701. The average Bonchev–Trinajstić information content (AvgIpc) is 3.07. The molecule has 0 amide bonds. The van der Waals surface area contributed by atoms with Crippen LogP contribution in [0.4, 0.5) is 0 Å². The summed E-state index contributed by atoms with van der Waals surface area (Å²) in [7, 11) is 0. The maximum absolute atomic E-state index is 3.69. The smallest absolute Gasteiger partial charge is 0.0701 e. The zero-order chi connectivity index (χ0) is 13.9. The van der Waals surface area contributed by atoms with Crippen LogP contribution in [-0.2, 0) is 0 Å². The lowest BCUT2D eigenvalue weighted by Crippen LogP contribution is -2.22. The minimum Gasteiger partial charge on any atom is -0.306 e. The molecule has 3 rings (SSSR count). The molecule has 0 fully saturated rings. The van der Waals surface area contributed by atoms with Gasteiger partial charge < -0.3 is 5.32 Å². The fourth-order valence-corrected chi connectivity index (χ4v) is 4.58. The zero-order valence-electron chi connectivity index (χ0n) is 11.2. The van der Waals surface area contributed by atoms with Gasteiger partial charge >= 0.3 is 0 Å². The molecule has 0 aliphatic rings. The van der Waals surface area contributed by atoms with Crippen molar-refractivity contribution in [3.05, 3.63) is 56.0 Å². The fourth-order valence-electron chi connectivity index (χ4n) is 2.39. The summed E-state index contributed by atoms with van der Waals surface area (Å²) in [5, 5.41) is 9.59. The van der Waals surface area contributed by atoms with Crippen molar-refractivity contribution in [2.24, 2.45) is 0 Å². The van der Waals surface area contributed by atoms with Gasteiger partial charge in [-0.2, -0.15) is 0 Å². The standard InChI is InChI=1S/C16H16BrNS2/c1-2-7-18-16(11-8-15(17)20-9-11)13-10-19-14-6-4-3-5-12(13)14/h3-6,8-10,16,18H,2,7H2,1H3. The normalized spacial score (nSPS) is 12.9. The molecule has 0 bridgehead atoms. The molecule has 3 aromatic rings. The molecule has 0 radical (unpaired) electrons. The quantitative estimate of drug-likeness (QED) is 0.600. The molecular formula is C16H16BrNS2. The summed E-state index contributed by atoms with van der Waals surface area (Å²) in [5.41, 5.74) is 2.74. The van der Waals surface area contributed by atoms with Crippen molar-refractivity contribution in [1.29, 1.82) is 0 Å². The average molecular weight is 366 g/mol. The highest BCUT2D eigenvalue weighted by atomic mass is 79.9. The number of halogens is 1. The SMILES string of the molecule is CCCNC(c1csc(Br)c1)c1csc2ccccc12. The predicted molar refractivity (Wildman–Crippen MR) is 94.0 cm³/mol. The molecule has 2 heterocycles. The number of hydrogen-bond donors (Lipinski definition) is 1. The third-order valence-electron chi connectivity index (χ3n) is 3.34. The van der Waals surface area contributed by atoms with Crippen LogP contribution in [-0.4, -0.2) is 6.54 Å². The Morgan fingerprint density at radius 3 is 2.80 bits per heavy atom. The van der Waals surface area contributed by atoms with Gasteiger partial charge in [0, 0.05) is 4.70 Å². The van der Waals surface area contributed by atoms with Crippen molar-refractivity contribution in [3.8, 4) is 0 Å². The molecule has 1 aromatic carbocycles. The highest BCUT2D eigenvalue weighted by molar-refractivity contribution is 9.11. The first kappa shape index (κ1) is 14.3. The Balaban J connectivity index is 2.04. The number of fused-ring (bicyclic) bond motifs is 1. The Labute approximate surface area is 135 Å². The van der Waals surface area contributed by atoms with E-state index in [9.17, 15) is 0 Å². The van der Waals surface area contributed by atoms with Crippen LogP contribution in [0.3, 0.4) is 0 Å². The third-order valence-corrected chi connectivity index (χ3v) is 5.85. The largest absolute Gasteiger partial charge is 0.306 e. The monoisotopic (exact) mass is 365 g/mol. The van der Waals surface area contributed by atoms with Crippen molar-refractivity contribution >= 4 is 48.7 Å². The molecule has 1 unspecified atom stereocenters. The van der Waals surface area contributed by atoms with E-state index in [4.69, 9.17) is 0 Å². The van der Waals surface area contributed by atoms with Gasteiger partial charge in [-0.05, 0) is 68.3 Å². The molecule has 0 spiro atoms. The van der Waals surface area contributed by atoms with Gasteiger partial charge in [0.2, 0.25) is 0 Å². The molecule has 0 aliphatic heterocycles. The zero-order valence-corrected chi connectivity index (χ0v) is 14.4. The summed E-state index contributed by atoms with van der Waals surface area (Å²) in [4.78, 5) is 0. The van der Waals surface area contributed by atoms with E-state index in [2.05, 4.69) is 69.3 Å². The molecule has 20 heavy (non-hydrogen) atoms.